The van der Waals surface area contributed by atoms with Crippen LogP contribution in [0.4, 0.5) is 0 Å². The molecule has 2 rings (SSSR count). The number of carbonyl (C=O) groups excluding carboxylic acids is 1. The van der Waals surface area contributed by atoms with Crippen LogP contribution < -0.4 is 5.32 Å². The van der Waals surface area contributed by atoms with Gasteiger partial charge in [0.2, 0.25) is 0 Å². The summed E-state index contributed by atoms with van der Waals surface area (Å²) in [5.41, 5.74) is 2.20. The van der Waals surface area contributed by atoms with Gasteiger partial charge in [-0.2, -0.15) is 5.10 Å². The van der Waals surface area contributed by atoms with Crippen LogP contribution >= 0.6 is 11.6 Å². The van der Waals surface area contributed by atoms with Crippen LogP contribution in [0.25, 0.3) is 0 Å². The molecule has 0 unspecified atom stereocenters. The van der Waals surface area contributed by atoms with Crippen molar-refractivity contribution in [3.8, 4) is 0 Å². The highest BCUT2D eigenvalue weighted by atomic mass is 35.5. The second-order valence-electron chi connectivity index (χ2n) is 4.20. The first-order valence-corrected chi connectivity index (χ1v) is 6.36. The molecule has 0 bridgehead atoms. The van der Waals surface area contributed by atoms with Crippen molar-refractivity contribution in [2.75, 3.05) is 6.54 Å². The molecule has 2 aromatic rings. The maximum Gasteiger partial charge on any atom is 0.271 e. The number of benzene rings is 1. The third kappa shape index (κ3) is 4.03. The molecule has 0 aliphatic rings. The lowest BCUT2D eigenvalue weighted by molar-refractivity contribution is 0.0948. The molecule has 98 valence electrons. The Bertz CT molecular complexity index is 569. The highest BCUT2D eigenvalue weighted by Gasteiger charge is 2.06. The first-order chi connectivity index (χ1) is 9.15. The van der Waals surface area contributed by atoms with E-state index in [4.69, 9.17) is 11.6 Å². The van der Waals surface area contributed by atoms with Gasteiger partial charge in [0.1, 0.15) is 0 Å². The van der Waals surface area contributed by atoms with E-state index in [1.54, 1.807) is 12.1 Å². The summed E-state index contributed by atoms with van der Waals surface area (Å²) in [6, 6.07) is 11.0. The predicted octanol–water partition coefficient (Wildman–Crippen LogP) is 2.41. The molecular formula is C14H14ClN3O. The van der Waals surface area contributed by atoms with Crippen molar-refractivity contribution in [1.29, 1.82) is 0 Å². The molecule has 0 fully saturated rings. The number of amides is 1. The number of hydrogen-bond donors (Lipinski definition) is 1. The predicted molar refractivity (Wildman–Crippen MR) is 74.3 cm³/mol. The van der Waals surface area contributed by atoms with E-state index >= 15 is 0 Å². The van der Waals surface area contributed by atoms with Gasteiger partial charge in [0.05, 0.1) is 5.69 Å². The minimum atomic E-state index is -0.213. The number of aryl methyl sites for hydroxylation is 1. The monoisotopic (exact) mass is 275 g/mol. The Labute approximate surface area is 116 Å². The maximum atomic E-state index is 11.8. The van der Waals surface area contributed by atoms with Gasteiger partial charge in [0.15, 0.2) is 5.69 Å². The fourth-order valence-corrected chi connectivity index (χ4v) is 1.84. The molecule has 0 saturated heterocycles. The van der Waals surface area contributed by atoms with Crippen molar-refractivity contribution in [2.45, 2.75) is 13.3 Å². The van der Waals surface area contributed by atoms with Gasteiger partial charge in [-0.1, -0.05) is 23.7 Å². The lowest BCUT2D eigenvalue weighted by Crippen LogP contribution is -2.26. The number of nitrogens with zero attached hydrogens (tertiary/aromatic N) is 2. The lowest BCUT2D eigenvalue weighted by Gasteiger charge is -2.05. The smallest absolute Gasteiger partial charge is 0.271 e. The standard InChI is InChI=1S/C14H14ClN3O/c1-10-5-6-13(18-17-10)14(19)16-8-7-11-3-2-4-12(15)9-11/h2-6,9H,7-8H2,1H3,(H,16,19). The Morgan fingerprint density at radius 2 is 2.11 bits per heavy atom. The number of halogens is 1. The van der Waals surface area contributed by atoms with Crippen molar-refractivity contribution in [1.82, 2.24) is 15.5 Å². The summed E-state index contributed by atoms with van der Waals surface area (Å²) >= 11 is 5.89. The normalized spacial score (nSPS) is 10.2. The number of hydrogen-bond acceptors (Lipinski definition) is 3. The van der Waals surface area contributed by atoms with Gasteiger partial charge in [-0.3, -0.25) is 4.79 Å². The third-order valence-electron chi connectivity index (χ3n) is 2.62. The Morgan fingerprint density at radius 3 is 2.79 bits per heavy atom. The van der Waals surface area contributed by atoms with Gasteiger partial charge in [-0.15, -0.1) is 5.10 Å². The van der Waals surface area contributed by atoms with Crippen LogP contribution in [0, 0.1) is 6.92 Å². The first kappa shape index (κ1) is 13.5. The molecule has 0 saturated carbocycles. The highest BCUT2D eigenvalue weighted by molar-refractivity contribution is 6.30. The molecule has 1 aromatic heterocycles. The molecule has 0 spiro atoms. The number of aromatic nitrogens is 2. The molecule has 5 heteroatoms. The van der Waals surface area contributed by atoms with Gasteiger partial charge in [-0.25, -0.2) is 0 Å². The van der Waals surface area contributed by atoms with Crippen molar-refractivity contribution in [3.63, 3.8) is 0 Å². The fourth-order valence-electron chi connectivity index (χ4n) is 1.62. The first-order valence-electron chi connectivity index (χ1n) is 5.98. The zero-order valence-corrected chi connectivity index (χ0v) is 11.3. The Morgan fingerprint density at radius 1 is 1.26 bits per heavy atom. The average molecular weight is 276 g/mol. The van der Waals surface area contributed by atoms with Crippen LogP contribution in [0.1, 0.15) is 21.7 Å². The van der Waals surface area contributed by atoms with Crippen molar-refractivity contribution < 1.29 is 4.79 Å². The van der Waals surface area contributed by atoms with E-state index in [-0.39, 0.29) is 5.91 Å². The van der Waals surface area contributed by atoms with Gasteiger partial charge in [0, 0.05) is 11.6 Å². The van der Waals surface area contributed by atoms with E-state index in [2.05, 4.69) is 15.5 Å². The fraction of sp³-hybridized carbons (Fsp3) is 0.214. The van der Waals surface area contributed by atoms with E-state index in [1.165, 1.54) is 0 Å². The quantitative estimate of drug-likeness (QED) is 0.932. The summed E-state index contributed by atoms with van der Waals surface area (Å²) in [6.45, 7) is 2.36. The van der Waals surface area contributed by atoms with Crippen LogP contribution in [0.3, 0.4) is 0 Å². The molecule has 4 nitrogen and oxygen atoms in total. The molecular weight excluding hydrogens is 262 g/mol. The van der Waals surface area contributed by atoms with Crippen molar-refractivity contribution in [3.05, 3.63) is 58.4 Å². The number of nitrogens with one attached hydrogen (secondary N) is 1. The Hall–Kier alpha value is -1.94. The van der Waals surface area contributed by atoms with E-state index in [0.29, 0.717) is 17.3 Å². The minimum absolute atomic E-state index is 0.213. The summed E-state index contributed by atoms with van der Waals surface area (Å²) in [4.78, 5) is 11.8. The summed E-state index contributed by atoms with van der Waals surface area (Å²) < 4.78 is 0. The van der Waals surface area contributed by atoms with Crippen LogP contribution in [0.2, 0.25) is 5.02 Å². The summed E-state index contributed by atoms with van der Waals surface area (Å²) in [5, 5.41) is 11.2. The van der Waals surface area contributed by atoms with Crippen molar-refractivity contribution >= 4 is 17.5 Å². The van der Waals surface area contributed by atoms with E-state index < -0.39 is 0 Å². The van der Waals surface area contributed by atoms with Gasteiger partial charge in [0.25, 0.3) is 5.91 Å². The summed E-state index contributed by atoms with van der Waals surface area (Å²) in [7, 11) is 0. The lowest BCUT2D eigenvalue weighted by atomic mass is 10.1. The molecule has 0 aliphatic carbocycles. The molecule has 1 N–H and O–H groups in total. The Balaban J connectivity index is 1.86. The van der Waals surface area contributed by atoms with E-state index in [0.717, 1.165) is 17.7 Å². The molecule has 0 radical (unpaired) electrons. The summed E-state index contributed by atoms with van der Waals surface area (Å²) in [5.74, 6) is -0.213. The third-order valence-corrected chi connectivity index (χ3v) is 2.85. The van der Waals surface area contributed by atoms with Crippen molar-refractivity contribution in [2.24, 2.45) is 0 Å². The Kier molecular flexibility index (Phi) is 4.47. The molecule has 1 amide bonds. The topological polar surface area (TPSA) is 54.9 Å². The average Bonchev–Trinajstić information content (AvgIpc) is 2.39. The minimum Gasteiger partial charge on any atom is -0.350 e. The SMILES string of the molecule is Cc1ccc(C(=O)NCCc2cccc(Cl)c2)nn1. The number of carbonyl (C=O) groups is 1. The second-order valence-corrected chi connectivity index (χ2v) is 4.63. The second kappa shape index (κ2) is 6.29. The van der Waals surface area contributed by atoms with Crippen LogP contribution in [0.5, 0.6) is 0 Å². The van der Waals surface area contributed by atoms with Gasteiger partial charge >= 0.3 is 0 Å². The summed E-state index contributed by atoms with van der Waals surface area (Å²) in [6.07, 6.45) is 0.728. The van der Waals surface area contributed by atoms with E-state index in [9.17, 15) is 4.79 Å². The molecule has 19 heavy (non-hydrogen) atoms. The maximum absolute atomic E-state index is 11.8. The van der Waals surface area contributed by atoms with Crippen LogP contribution in [-0.2, 0) is 6.42 Å². The van der Waals surface area contributed by atoms with E-state index in [1.807, 2.05) is 31.2 Å². The van der Waals surface area contributed by atoms with Gasteiger partial charge < -0.3 is 5.32 Å². The van der Waals surface area contributed by atoms with Crippen LogP contribution in [0.15, 0.2) is 36.4 Å². The molecule has 0 atom stereocenters. The molecule has 1 aromatic carbocycles. The largest absolute Gasteiger partial charge is 0.350 e. The number of rotatable bonds is 4. The zero-order chi connectivity index (χ0) is 13.7. The highest BCUT2D eigenvalue weighted by Crippen LogP contribution is 2.10. The molecule has 1 heterocycles. The van der Waals surface area contributed by atoms with Gasteiger partial charge in [-0.05, 0) is 43.2 Å². The zero-order valence-electron chi connectivity index (χ0n) is 10.6. The molecule has 0 aliphatic heterocycles. The van der Waals surface area contributed by atoms with Crippen LogP contribution in [-0.4, -0.2) is 22.6 Å².